The summed E-state index contributed by atoms with van der Waals surface area (Å²) in [6, 6.07) is 0. The molecule has 0 amide bonds. The van der Waals surface area contributed by atoms with E-state index in [0.717, 1.165) is 124 Å². The third kappa shape index (κ3) is 27.7. The molecule has 0 spiro atoms. The van der Waals surface area contributed by atoms with E-state index in [9.17, 15) is 0 Å². The van der Waals surface area contributed by atoms with Crippen LogP contribution in [-0.2, 0) is 33.2 Å². The number of unbranched alkanes of at least 4 members (excludes halogenated alkanes) is 3. The van der Waals surface area contributed by atoms with Crippen molar-refractivity contribution >= 4 is 0 Å². The summed E-state index contributed by atoms with van der Waals surface area (Å²) in [5.41, 5.74) is 0. The van der Waals surface area contributed by atoms with Gasteiger partial charge in [-0.15, -0.1) is 0 Å². The lowest BCUT2D eigenvalue weighted by molar-refractivity contribution is 0.0573. The summed E-state index contributed by atoms with van der Waals surface area (Å²) in [7, 11) is 3.42. The fraction of sp³-hybridized carbons (Fsp3) is 1.00. The van der Waals surface area contributed by atoms with E-state index >= 15 is 0 Å². The SMILES string of the molecule is COCCCOCCCOCCCCCCOCCCOCCCOCCCOC. The van der Waals surface area contributed by atoms with E-state index in [0.29, 0.717) is 0 Å². The van der Waals surface area contributed by atoms with Crippen LogP contribution in [-0.4, -0.2) is 93.5 Å². The molecule has 0 aromatic rings. The minimum atomic E-state index is 0.758. The highest BCUT2D eigenvalue weighted by molar-refractivity contribution is 4.45. The van der Waals surface area contributed by atoms with Gasteiger partial charge >= 0.3 is 0 Å². The fourth-order valence-corrected chi connectivity index (χ4v) is 2.67. The highest BCUT2D eigenvalue weighted by Gasteiger charge is 1.95. The summed E-state index contributed by atoms with van der Waals surface area (Å²) in [5.74, 6) is 0. The zero-order valence-electron chi connectivity index (χ0n) is 19.7. The van der Waals surface area contributed by atoms with E-state index in [4.69, 9.17) is 33.2 Å². The van der Waals surface area contributed by atoms with Crippen LogP contribution < -0.4 is 0 Å². The van der Waals surface area contributed by atoms with Gasteiger partial charge in [0.05, 0.1) is 0 Å². The van der Waals surface area contributed by atoms with Crippen molar-refractivity contribution in [1.82, 2.24) is 0 Å². The molecule has 0 fully saturated rings. The second kappa shape index (κ2) is 28.7. The molecule has 0 aliphatic carbocycles. The van der Waals surface area contributed by atoms with E-state index in [1.165, 1.54) is 12.8 Å². The van der Waals surface area contributed by atoms with E-state index < -0.39 is 0 Å². The zero-order valence-corrected chi connectivity index (χ0v) is 19.7. The Hall–Kier alpha value is -0.280. The quantitative estimate of drug-likeness (QED) is 0.181. The summed E-state index contributed by atoms with van der Waals surface area (Å²) in [6.45, 7) is 9.38. The van der Waals surface area contributed by atoms with Crippen LogP contribution in [0.4, 0.5) is 0 Å². The third-order valence-corrected chi connectivity index (χ3v) is 4.33. The molecule has 182 valence electrons. The zero-order chi connectivity index (χ0) is 21.8. The Morgan fingerprint density at radius 3 is 0.767 bits per heavy atom. The maximum atomic E-state index is 5.65. The molecule has 0 unspecified atom stereocenters. The Balaban J connectivity index is 2.97. The number of hydrogen-bond acceptors (Lipinski definition) is 7. The van der Waals surface area contributed by atoms with Crippen LogP contribution in [0.5, 0.6) is 0 Å². The van der Waals surface area contributed by atoms with Crippen LogP contribution in [0, 0.1) is 0 Å². The van der Waals surface area contributed by atoms with Gasteiger partial charge in [0, 0.05) is 93.5 Å². The standard InChI is InChI=1S/C23H48O7/c1-24-12-7-16-28-20-9-18-26-14-5-3-4-6-15-27-19-10-22-30-23-11-21-29-17-8-13-25-2/h3-23H2,1-2H3. The summed E-state index contributed by atoms with van der Waals surface area (Å²) >= 11 is 0. The van der Waals surface area contributed by atoms with E-state index in [1.807, 2.05) is 0 Å². The van der Waals surface area contributed by atoms with Gasteiger partial charge in [-0.1, -0.05) is 12.8 Å². The molecule has 0 saturated carbocycles. The minimum Gasteiger partial charge on any atom is -0.385 e. The topological polar surface area (TPSA) is 64.6 Å². The molecule has 7 heteroatoms. The molecule has 0 bridgehead atoms. The van der Waals surface area contributed by atoms with Crippen molar-refractivity contribution in [2.75, 3.05) is 93.5 Å². The molecule has 0 aromatic heterocycles. The van der Waals surface area contributed by atoms with Gasteiger partial charge in [-0.25, -0.2) is 0 Å². The largest absolute Gasteiger partial charge is 0.385 e. The van der Waals surface area contributed by atoms with Crippen molar-refractivity contribution in [3.05, 3.63) is 0 Å². The van der Waals surface area contributed by atoms with E-state index in [1.54, 1.807) is 14.2 Å². The van der Waals surface area contributed by atoms with Gasteiger partial charge in [0.2, 0.25) is 0 Å². The Morgan fingerprint density at radius 1 is 0.267 bits per heavy atom. The average molecular weight is 437 g/mol. The first-order valence-corrected chi connectivity index (χ1v) is 11.8. The second-order valence-electron chi connectivity index (χ2n) is 7.23. The van der Waals surface area contributed by atoms with E-state index in [-0.39, 0.29) is 0 Å². The summed E-state index contributed by atoms with van der Waals surface area (Å²) in [6.07, 6.45) is 9.43. The van der Waals surface area contributed by atoms with Crippen molar-refractivity contribution in [3.63, 3.8) is 0 Å². The van der Waals surface area contributed by atoms with Gasteiger partial charge in [-0.2, -0.15) is 0 Å². The van der Waals surface area contributed by atoms with Gasteiger partial charge in [0.1, 0.15) is 0 Å². The Labute approximate surface area is 185 Å². The van der Waals surface area contributed by atoms with Crippen molar-refractivity contribution < 1.29 is 33.2 Å². The molecule has 30 heavy (non-hydrogen) atoms. The third-order valence-electron chi connectivity index (χ3n) is 4.33. The predicted octanol–water partition coefficient (Wildman–Crippen LogP) is 3.87. The van der Waals surface area contributed by atoms with Crippen molar-refractivity contribution in [2.24, 2.45) is 0 Å². The summed E-state index contributed by atoms with van der Waals surface area (Å²) in [4.78, 5) is 0. The van der Waals surface area contributed by atoms with Crippen LogP contribution in [0.15, 0.2) is 0 Å². The summed E-state index contributed by atoms with van der Waals surface area (Å²) < 4.78 is 37.8. The lowest BCUT2D eigenvalue weighted by Gasteiger charge is -2.07. The number of ether oxygens (including phenoxy) is 7. The maximum absolute atomic E-state index is 5.65. The van der Waals surface area contributed by atoms with Gasteiger partial charge in [-0.3, -0.25) is 0 Å². The monoisotopic (exact) mass is 436 g/mol. The van der Waals surface area contributed by atoms with Crippen LogP contribution in [0.2, 0.25) is 0 Å². The number of hydrogen-bond donors (Lipinski definition) is 0. The first kappa shape index (κ1) is 29.7. The van der Waals surface area contributed by atoms with Crippen LogP contribution in [0.3, 0.4) is 0 Å². The van der Waals surface area contributed by atoms with Crippen LogP contribution >= 0.6 is 0 Å². The Bertz CT molecular complexity index is 265. The molecular formula is C23H48O7. The van der Waals surface area contributed by atoms with Gasteiger partial charge < -0.3 is 33.2 Å². The van der Waals surface area contributed by atoms with E-state index in [2.05, 4.69) is 0 Å². The number of methoxy groups -OCH3 is 2. The molecule has 0 rings (SSSR count). The highest BCUT2D eigenvalue weighted by Crippen LogP contribution is 2.01. The number of rotatable bonds is 27. The van der Waals surface area contributed by atoms with Crippen LogP contribution in [0.1, 0.15) is 57.8 Å². The summed E-state index contributed by atoms with van der Waals surface area (Å²) in [5, 5.41) is 0. The molecule has 0 saturated heterocycles. The molecule has 0 atom stereocenters. The van der Waals surface area contributed by atoms with Crippen molar-refractivity contribution in [1.29, 1.82) is 0 Å². The fourth-order valence-electron chi connectivity index (χ4n) is 2.67. The molecule has 0 heterocycles. The Morgan fingerprint density at radius 2 is 0.500 bits per heavy atom. The molecule has 0 N–H and O–H groups in total. The molecule has 0 aliphatic heterocycles. The second-order valence-corrected chi connectivity index (χ2v) is 7.23. The van der Waals surface area contributed by atoms with Gasteiger partial charge in [0.25, 0.3) is 0 Å². The Kier molecular flexibility index (Phi) is 28.5. The van der Waals surface area contributed by atoms with Gasteiger partial charge in [0.15, 0.2) is 0 Å². The van der Waals surface area contributed by atoms with Crippen LogP contribution in [0.25, 0.3) is 0 Å². The molecular weight excluding hydrogens is 388 g/mol. The first-order chi connectivity index (χ1) is 14.9. The molecule has 0 aromatic carbocycles. The average Bonchev–Trinajstić information content (AvgIpc) is 2.76. The maximum Gasteiger partial charge on any atom is 0.0488 e. The van der Waals surface area contributed by atoms with Gasteiger partial charge in [-0.05, 0) is 44.9 Å². The van der Waals surface area contributed by atoms with Crippen molar-refractivity contribution in [3.8, 4) is 0 Å². The molecule has 0 radical (unpaired) electrons. The molecule has 7 nitrogen and oxygen atoms in total. The lowest BCUT2D eigenvalue weighted by Crippen LogP contribution is -2.06. The highest BCUT2D eigenvalue weighted by atomic mass is 16.5. The normalized spacial score (nSPS) is 11.4. The first-order valence-electron chi connectivity index (χ1n) is 11.8. The predicted molar refractivity (Wildman–Crippen MR) is 119 cm³/mol. The lowest BCUT2D eigenvalue weighted by atomic mass is 10.2. The van der Waals surface area contributed by atoms with Crippen molar-refractivity contribution in [2.45, 2.75) is 57.8 Å². The smallest absolute Gasteiger partial charge is 0.0488 e. The molecule has 0 aliphatic rings. The minimum absolute atomic E-state index is 0.758.